The molecule has 0 spiro atoms. The first-order valence-corrected chi connectivity index (χ1v) is 8.90. The number of hydrogen-bond acceptors (Lipinski definition) is 4. The lowest BCUT2D eigenvalue weighted by molar-refractivity contribution is 0.0946. The van der Waals surface area contributed by atoms with Crippen LogP contribution in [0.25, 0.3) is 0 Å². The van der Waals surface area contributed by atoms with Crippen molar-refractivity contribution in [2.45, 2.75) is 19.3 Å². The third-order valence-electron chi connectivity index (χ3n) is 4.63. The standard InChI is InChI=1S/C20H25N3O2/c1-2-16(17-6-4-3-5-7-17)15-22-20(24)19-14-18(8-9-21-19)23-10-12-25-13-11-23/h3-9,14,16H,2,10-13,15H2,1H3,(H,22,24)/t16-/m1/s1. The largest absolute Gasteiger partial charge is 0.378 e. The second-order valence-electron chi connectivity index (χ2n) is 6.22. The van der Waals surface area contributed by atoms with Crippen LogP contribution in [0.2, 0.25) is 0 Å². The fourth-order valence-corrected chi connectivity index (χ4v) is 3.09. The number of pyridine rings is 1. The maximum atomic E-state index is 12.5. The Morgan fingerprint density at radius 3 is 2.72 bits per heavy atom. The van der Waals surface area contributed by atoms with E-state index < -0.39 is 0 Å². The number of aromatic nitrogens is 1. The van der Waals surface area contributed by atoms with Gasteiger partial charge in [-0.25, -0.2) is 0 Å². The van der Waals surface area contributed by atoms with Gasteiger partial charge in [-0.05, 0) is 24.1 Å². The van der Waals surface area contributed by atoms with Gasteiger partial charge in [-0.1, -0.05) is 37.3 Å². The highest BCUT2D eigenvalue weighted by molar-refractivity contribution is 5.93. The summed E-state index contributed by atoms with van der Waals surface area (Å²) in [6.45, 7) is 5.89. The lowest BCUT2D eigenvalue weighted by Gasteiger charge is -2.28. The third-order valence-corrected chi connectivity index (χ3v) is 4.63. The minimum atomic E-state index is -0.121. The molecule has 1 aromatic heterocycles. The molecule has 1 saturated heterocycles. The summed E-state index contributed by atoms with van der Waals surface area (Å²) in [5.41, 5.74) is 2.74. The fraction of sp³-hybridized carbons (Fsp3) is 0.400. The number of benzene rings is 1. The van der Waals surface area contributed by atoms with E-state index in [2.05, 4.69) is 34.3 Å². The lowest BCUT2D eigenvalue weighted by atomic mass is 9.96. The highest BCUT2D eigenvalue weighted by atomic mass is 16.5. The van der Waals surface area contributed by atoms with E-state index >= 15 is 0 Å². The van der Waals surface area contributed by atoms with E-state index in [4.69, 9.17) is 4.74 Å². The normalized spacial score (nSPS) is 15.6. The first-order chi connectivity index (χ1) is 12.3. The van der Waals surface area contributed by atoms with E-state index in [1.807, 2.05) is 30.3 Å². The first kappa shape index (κ1) is 17.4. The number of nitrogens with zero attached hydrogens (tertiary/aromatic N) is 2. The number of rotatable bonds is 6. The van der Waals surface area contributed by atoms with Gasteiger partial charge >= 0.3 is 0 Å². The molecule has 1 aliphatic heterocycles. The summed E-state index contributed by atoms with van der Waals surface area (Å²) in [4.78, 5) is 19.0. The third kappa shape index (κ3) is 4.57. The summed E-state index contributed by atoms with van der Waals surface area (Å²) in [7, 11) is 0. The van der Waals surface area contributed by atoms with Gasteiger partial charge in [-0.15, -0.1) is 0 Å². The molecule has 0 saturated carbocycles. The minimum absolute atomic E-state index is 0.121. The van der Waals surface area contributed by atoms with Crippen LogP contribution in [0, 0.1) is 0 Å². The number of carbonyl (C=O) groups excluding carboxylic acids is 1. The molecule has 1 N–H and O–H groups in total. The van der Waals surface area contributed by atoms with Crippen LogP contribution in [-0.4, -0.2) is 43.7 Å². The van der Waals surface area contributed by atoms with E-state index in [1.54, 1.807) is 6.20 Å². The Morgan fingerprint density at radius 1 is 1.24 bits per heavy atom. The number of ether oxygens (including phenoxy) is 1. The Bertz CT molecular complexity index is 684. The van der Waals surface area contributed by atoms with Crippen LogP contribution in [0.1, 0.15) is 35.3 Å². The van der Waals surface area contributed by atoms with Crippen molar-refractivity contribution in [3.63, 3.8) is 0 Å². The van der Waals surface area contributed by atoms with E-state index in [1.165, 1.54) is 5.56 Å². The zero-order valence-corrected chi connectivity index (χ0v) is 14.6. The van der Waals surface area contributed by atoms with Crippen molar-refractivity contribution in [3.05, 3.63) is 59.9 Å². The lowest BCUT2D eigenvalue weighted by Crippen LogP contribution is -2.36. The van der Waals surface area contributed by atoms with Gasteiger partial charge in [0.25, 0.3) is 5.91 Å². The van der Waals surface area contributed by atoms with Crippen LogP contribution >= 0.6 is 0 Å². The molecule has 2 heterocycles. The maximum Gasteiger partial charge on any atom is 0.269 e. The van der Waals surface area contributed by atoms with E-state index in [0.29, 0.717) is 18.2 Å². The van der Waals surface area contributed by atoms with Crippen molar-refractivity contribution in [2.24, 2.45) is 0 Å². The van der Waals surface area contributed by atoms with Crippen LogP contribution < -0.4 is 10.2 Å². The molecule has 2 aromatic rings. The van der Waals surface area contributed by atoms with Gasteiger partial charge in [-0.2, -0.15) is 0 Å². The van der Waals surface area contributed by atoms with E-state index in [9.17, 15) is 4.79 Å². The van der Waals surface area contributed by atoms with Gasteiger partial charge in [-0.3, -0.25) is 9.78 Å². The van der Waals surface area contributed by atoms with Crippen molar-refractivity contribution in [2.75, 3.05) is 37.7 Å². The molecule has 5 nitrogen and oxygen atoms in total. The van der Waals surface area contributed by atoms with Crippen molar-refractivity contribution < 1.29 is 9.53 Å². The Balaban J connectivity index is 1.63. The molecule has 1 fully saturated rings. The Morgan fingerprint density at radius 2 is 2.00 bits per heavy atom. The molecule has 0 bridgehead atoms. The Kier molecular flexibility index (Phi) is 6.01. The summed E-state index contributed by atoms with van der Waals surface area (Å²) < 4.78 is 5.38. The van der Waals surface area contributed by atoms with Gasteiger partial charge in [0.1, 0.15) is 5.69 Å². The van der Waals surface area contributed by atoms with Gasteiger partial charge < -0.3 is 15.0 Å². The molecule has 1 amide bonds. The molecule has 1 aromatic carbocycles. The SMILES string of the molecule is CC[C@H](CNC(=O)c1cc(N2CCOCC2)ccn1)c1ccccc1. The van der Waals surface area contributed by atoms with E-state index in [-0.39, 0.29) is 5.91 Å². The van der Waals surface area contributed by atoms with Crippen LogP contribution in [-0.2, 0) is 4.74 Å². The van der Waals surface area contributed by atoms with Crippen molar-refractivity contribution >= 4 is 11.6 Å². The quantitative estimate of drug-likeness (QED) is 0.879. The van der Waals surface area contributed by atoms with Crippen molar-refractivity contribution in [3.8, 4) is 0 Å². The molecular weight excluding hydrogens is 314 g/mol. The van der Waals surface area contributed by atoms with Gasteiger partial charge in [0.2, 0.25) is 0 Å². The van der Waals surface area contributed by atoms with E-state index in [0.717, 1.165) is 38.4 Å². The second-order valence-corrected chi connectivity index (χ2v) is 6.22. The number of hydrogen-bond donors (Lipinski definition) is 1. The maximum absolute atomic E-state index is 12.5. The average Bonchev–Trinajstić information content (AvgIpc) is 2.70. The summed E-state index contributed by atoms with van der Waals surface area (Å²) in [5.74, 6) is 0.192. The highest BCUT2D eigenvalue weighted by Crippen LogP contribution is 2.19. The summed E-state index contributed by atoms with van der Waals surface area (Å²) >= 11 is 0. The van der Waals surface area contributed by atoms with Crippen LogP contribution in [0.4, 0.5) is 5.69 Å². The van der Waals surface area contributed by atoms with Gasteiger partial charge in [0, 0.05) is 37.4 Å². The minimum Gasteiger partial charge on any atom is -0.378 e. The highest BCUT2D eigenvalue weighted by Gasteiger charge is 2.16. The molecule has 5 heteroatoms. The number of nitrogens with one attached hydrogen (secondary N) is 1. The Labute approximate surface area is 149 Å². The topological polar surface area (TPSA) is 54.5 Å². The second kappa shape index (κ2) is 8.62. The smallest absolute Gasteiger partial charge is 0.269 e. The predicted molar refractivity (Wildman–Crippen MR) is 99.1 cm³/mol. The molecule has 1 atom stereocenters. The molecule has 132 valence electrons. The summed E-state index contributed by atoms with van der Waals surface area (Å²) in [6, 6.07) is 14.1. The summed E-state index contributed by atoms with van der Waals surface area (Å²) in [5, 5.41) is 3.03. The molecular formula is C20H25N3O2. The molecule has 1 aliphatic rings. The molecule has 0 radical (unpaired) electrons. The molecule has 3 rings (SSSR count). The molecule has 0 aliphatic carbocycles. The number of carbonyl (C=O) groups is 1. The van der Waals surface area contributed by atoms with Gasteiger partial charge in [0.05, 0.1) is 13.2 Å². The van der Waals surface area contributed by atoms with Crippen LogP contribution in [0.5, 0.6) is 0 Å². The first-order valence-electron chi connectivity index (χ1n) is 8.90. The van der Waals surface area contributed by atoms with Gasteiger partial charge in [0.15, 0.2) is 0 Å². The molecule has 25 heavy (non-hydrogen) atoms. The monoisotopic (exact) mass is 339 g/mol. The predicted octanol–water partition coefficient (Wildman–Crippen LogP) is 2.84. The summed E-state index contributed by atoms with van der Waals surface area (Å²) in [6.07, 6.45) is 2.68. The number of morpholine rings is 1. The van der Waals surface area contributed by atoms with Crippen LogP contribution in [0.15, 0.2) is 48.7 Å². The number of anilines is 1. The zero-order chi connectivity index (χ0) is 17.5. The zero-order valence-electron chi connectivity index (χ0n) is 14.6. The fourth-order valence-electron chi connectivity index (χ4n) is 3.09. The van der Waals surface area contributed by atoms with Crippen molar-refractivity contribution in [1.82, 2.24) is 10.3 Å². The Hall–Kier alpha value is -2.40. The number of amides is 1. The average molecular weight is 339 g/mol. The molecule has 0 unspecified atom stereocenters. The van der Waals surface area contributed by atoms with Crippen molar-refractivity contribution in [1.29, 1.82) is 0 Å². The van der Waals surface area contributed by atoms with Crippen LogP contribution in [0.3, 0.4) is 0 Å².